The van der Waals surface area contributed by atoms with Crippen LogP contribution in [-0.4, -0.2) is 95.5 Å². The fourth-order valence-corrected chi connectivity index (χ4v) is 12.0. The highest BCUT2D eigenvalue weighted by atomic mass is 32.2. The predicted octanol–water partition coefficient (Wildman–Crippen LogP) is 7.62. The SMILES string of the molecule is CCCCCCCCCCCCCCCC(=O)NC1CS[C@H]2c3c(OC(C)=O)c(C)c4c(c3[C@H](COC1=O)N1[C@@H]2[C@H]2c3c(cc(C)c(OC)c3O)C[C@@H]([C@@H]1O)N2C)OCO4. The highest BCUT2D eigenvalue weighted by Crippen LogP contribution is 2.64. The van der Waals surface area contributed by atoms with E-state index in [0.717, 1.165) is 30.4 Å². The number of methoxy groups -OCH3 is 1. The number of unbranched alkanes of at least 4 members (excludes halogenated alkanes) is 12. The lowest BCUT2D eigenvalue weighted by Crippen LogP contribution is -2.69. The number of carbonyl (C=O) groups is 3. The van der Waals surface area contributed by atoms with Gasteiger partial charge in [0.15, 0.2) is 23.0 Å². The Balaban J connectivity index is 1.14. The summed E-state index contributed by atoms with van der Waals surface area (Å²) in [6, 6.07) is -1.07. The van der Waals surface area contributed by atoms with Gasteiger partial charge in [0.25, 0.3) is 0 Å². The van der Waals surface area contributed by atoms with Gasteiger partial charge >= 0.3 is 11.9 Å². The molecule has 13 nitrogen and oxygen atoms in total. The molecule has 0 aromatic heterocycles. The highest BCUT2D eigenvalue weighted by Gasteiger charge is 2.60. The Kier molecular flexibility index (Phi) is 14.4. The molecule has 60 heavy (non-hydrogen) atoms. The molecule has 2 aromatic carbocycles. The Morgan fingerprint density at radius 3 is 2.22 bits per heavy atom. The summed E-state index contributed by atoms with van der Waals surface area (Å²) in [6.45, 7) is 7.09. The summed E-state index contributed by atoms with van der Waals surface area (Å²) in [4.78, 5) is 44.3. The number of nitrogens with one attached hydrogen (secondary N) is 1. The van der Waals surface area contributed by atoms with Gasteiger partial charge < -0.3 is 39.2 Å². The summed E-state index contributed by atoms with van der Waals surface area (Å²) in [7, 11) is 3.50. The largest absolute Gasteiger partial charge is 0.504 e. The third kappa shape index (κ3) is 8.67. The minimum Gasteiger partial charge on any atom is -0.504 e. The molecule has 6 aliphatic rings. The molecule has 0 saturated carbocycles. The molecule has 3 N–H and O–H groups in total. The third-order valence-corrected chi connectivity index (χ3v) is 14.7. The maximum atomic E-state index is 13.9. The van der Waals surface area contributed by atoms with Gasteiger partial charge in [-0.1, -0.05) is 90.0 Å². The lowest BCUT2D eigenvalue weighted by molar-refractivity contribution is -0.184. The number of hydrogen-bond donors (Lipinski definition) is 3. The molecule has 0 spiro atoms. The van der Waals surface area contributed by atoms with Gasteiger partial charge in [0, 0.05) is 47.4 Å². The van der Waals surface area contributed by atoms with Gasteiger partial charge in [-0.2, -0.15) is 0 Å². The molecule has 6 aliphatic heterocycles. The van der Waals surface area contributed by atoms with Gasteiger partial charge in [-0.15, -0.1) is 11.8 Å². The van der Waals surface area contributed by atoms with Gasteiger partial charge in [-0.05, 0) is 44.9 Å². The van der Waals surface area contributed by atoms with E-state index in [1.165, 1.54) is 90.0 Å². The molecule has 2 fully saturated rings. The predicted molar refractivity (Wildman–Crippen MR) is 229 cm³/mol. The summed E-state index contributed by atoms with van der Waals surface area (Å²) in [5.74, 6) is 0.533. The van der Waals surface area contributed by atoms with Crippen molar-refractivity contribution in [3.05, 3.63) is 39.4 Å². The zero-order valence-electron chi connectivity index (χ0n) is 36.3. The molecule has 1 unspecified atom stereocenters. The van der Waals surface area contributed by atoms with Crippen LogP contribution < -0.4 is 24.3 Å². The van der Waals surface area contributed by atoms with Crippen LogP contribution in [0.5, 0.6) is 28.7 Å². The molecule has 7 atom stereocenters. The van der Waals surface area contributed by atoms with E-state index in [1.807, 2.05) is 31.9 Å². The van der Waals surface area contributed by atoms with Gasteiger partial charge in [0.05, 0.1) is 30.5 Å². The van der Waals surface area contributed by atoms with Crippen LogP contribution in [0.3, 0.4) is 0 Å². The number of esters is 2. The number of carbonyl (C=O) groups excluding carboxylic acids is 3. The highest BCUT2D eigenvalue weighted by molar-refractivity contribution is 7.99. The van der Waals surface area contributed by atoms with Crippen LogP contribution in [0.1, 0.15) is 154 Å². The van der Waals surface area contributed by atoms with Crippen molar-refractivity contribution in [2.45, 2.75) is 166 Å². The summed E-state index contributed by atoms with van der Waals surface area (Å²) in [6.07, 6.45) is 15.5. The lowest BCUT2D eigenvalue weighted by atomic mass is 9.73. The Morgan fingerprint density at radius 2 is 1.57 bits per heavy atom. The fraction of sp³-hybridized carbons (Fsp3) is 0.674. The van der Waals surface area contributed by atoms with Crippen molar-refractivity contribution in [2.75, 3.05) is 33.3 Å². The zero-order chi connectivity index (χ0) is 42.7. The lowest BCUT2D eigenvalue weighted by Gasteiger charge is -2.62. The molecule has 2 aromatic rings. The number of phenols is 1. The minimum absolute atomic E-state index is 0.0455. The van der Waals surface area contributed by atoms with Crippen LogP contribution in [0, 0.1) is 13.8 Å². The number of ether oxygens (including phenoxy) is 5. The minimum atomic E-state index is -1.03. The van der Waals surface area contributed by atoms with Gasteiger partial charge in [0.2, 0.25) is 12.7 Å². The zero-order valence-corrected chi connectivity index (χ0v) is 37.1. The number of likely N-dealkylation sites (N-methyl/N-ethyl adjacent to an activating group) is 1. The molecule has 4 bridgehead atoms. The summed E-state index contributed by atoms with van der Waals surface area (Å²) in [5.41, 5.74) is 4.32. The average Bonchev–Trinajstić information content (AvgIpc) is 3.71. The molecule has 2 saturated heterocycles. The number of rotatable bonds is 17. The van der Waals surface area contributed by atoms with Crippen LogP contribution in [0.25, 0.3) is 0 Å². The normalized spacial score (nSPS) is 25.5. The summed E-state index contributed by atoms with van der Waals surface area (Å²) < 4.78 is 30.0. The number of phenolic OH excluding ortho intramolecular Hbond substituents is 1. The molecule has 6 heterocycles. The van der Waals surface area contributed by atoms with E-state index in [-0.39, 0.29) is 36.9 Å². The van der Waals surface area contributed by atoms with Crippen LogP contribution >= 0.6 is 11.8 Å². The maximum absolute atomic E-state index is 13.9. The van der Waals surface area contributed by atoms with Crippen molar-refractivity contribution in [1.29, 1.82) is 0 Å². The second-order valence-electron chi connectivity index (χ2n) is 17.3. The van der Waals surface area contributed by atoms with Crippen molar-refractivity contribution in [3.8, 4) is 28.7 Å². The molecule has 0 aliphatic carbocycles. The van der Waals surface area contributed by atoms with Crippen molar-refractivity contribution in [2.24, 2.45) is 0 Å². The Morgan fingerprint density at radius 1 is 0.917 bits per heavy atom. The van der Waals surface area contributed by atoms with Crippen LogP contribution in [0.2, 0.25) is 0 Å². The van der Waals surface area contributed by atoms with Gasteiger partial charge in [-0.3, -0.25) is 19.4 Å². The number of aliphatic hydroxyl groups excluding tert-OH is 1. The smallest absolute Gasteiger partial charge is 0.329 e. The first-order chi connectivity index (χ1) is 29.0. The monoisotopic (exact) mass is 851 g/mol. The molecule has 8 rings (SSSR count). The van der Waals surface area contributed by atoms with E-state index in [0.29, 0.717) is 58.1 Å². The van der Waals surface area contributed by atoms with Crippen molar-refractivity contribution >= 4 is 29.6 Å². The number of hydrogen-bond acceptors (Lipinski definition) is 13. The average molecular weight is 852 g/mol. The molecular weight excluding hydrogens is 787 g/mol. The summed E-state index contributed by atoms with van der Waals surface area (Å²) >= 11 is 1.43. The van der Waals surface area contributed by atoms with E-state index in [9.17, 15) is 24.6 Å². The standard InChI is InChI=1S/C46H65N3O10S/c1-7-8-9-10-11-12-13-14-15-16-17-18-19-20-33(51)47-30-24-60-44-36-35(43-42(57-25-58-43)27(3)41(36)59-28(4)50)32(23-56-46(30)54)49-38(44)37-34-29(22-31(45(49)53)48(37)5)21-26(2)40(55-6)39(34)52/h21,30-32,37-38,44-45,52-53H,7-20,22-25H2,1-6H3,(H,47,51)/t30?,31-,32-,37+,38+,44-,45-/m0/s1. The Bertz CT molecular complexity index is 1910. The van der Waals surface area contributed by atoms with Crippen molar-refractivity contribution in [3.63, 3.8) is 0 Å². The number of amides is 1. The number of aliphatic hydroxyl groups is 1. The third-order valence-electron chi connectivity index (χ3n) is 13.3. The first-order valence-corrected chi connectivity index (χ1v) is 23.3. The van der Waals surface area contributed by atoms with Crippen LogP contribution in [-0.2, 0) is 25.5 Å². The first kappa shape index (κ1) is 44.3. The molecule has 14 heteroatoms. The fourth-order valence-electron chi connectivity index (χ4n) is 10.4. The number of piperazine rings is 1. The second-order valence-corrected chi connectivity index (χ2v) is 18.5. The van der Waals surface area contributed by atoms with E-state index in [2.05, 4.69) is 17.1 Å². The second kappa shape index (κ2) is 19.5. The van der Waals surface area contributed by atoms with Crippen molar-refractivity contribution in [1.82, 2.24) is 15.1 Å². The van der Waals surface area contributed by atoms with E-state index in [1.54, 1.807) is 0 Å². The van der Waals surface area contributed by atoms with Gasteiger partial charge in [0.1, 0.15) is 24.6 Å². The summed E-state index contributed by atoms with van der Waals surface area (Å²) in [5, 5.41) is 26.9. The van der Waals surface area contributed by atoms with E-state index in [4.69, 9.17) is 23.7 Å². The number of fused-ring (bicyclic) bond motifs is 10. The topological polar surface area (TPSA) is 156 Å². The maximum Gasteiger partial charge on any atom is 0.329 e. The molecular formula is C46H65N3O10S. The number of nitrogens with zero attached hydrogens (tertiary/aromatic N) is 2. The van der Waals surface area contributed by atoms with Crippen molar-refractivity contribution < 1.29 is 48.3 Å². The van der Waals surface area contributed by atoms with E-state index < -0.39 is 47.6 Å². The Labute approximate surface area is 359 Å². The molecule has 1 amide bonds. The Hall–Kier alpha value is -3.72. The van der Waals surface area contributed by atoms with Crippen LogP contribution in [0.4, 0.5) is 0 Å². The van der Waals surface area contributed by atoms with E-state index >= 15 is 0 Å². The number of aryl methyl sites for hydroxylation is 1. The molecule has 330 valence electrons. The molecule has 0 radical (unpaired) electrons. The number of benzene rings is 2. The van der Waals surface area contributed by atoms with Crippen LogP contribution in [0.15, 0.2) is 6.07 Å². The number of thioether (sulfide) groups is 1. The quantitative estimate of drug-likeness (QED) is 0.0813. The first-order valence-electron chi connectivity index (χ1n) is 22.3. The van der Waals surface area contributed by atoms with Gasteiger partial charge in [-0.25, -0.2) is 4.79 Å². The number of aromatic hydroxyl groups is 1.